The Hall–Kier alpha value is -1.44. The molecule has 6 heteroatoms. The largest absolute Gasteiger partial charge is 0.505 e. The molecule has 1 amide bonds. The van der Waals surface area contributed by atoms with Crippen LogP contribution in [-0.2, 0) is 4.79 Å². The van der Waals surface area contributed by atoms with Crippen molar-refractivity contribution in [2.75, 3.05) is 0 Å². The number of nitrogens with zero attached hydrogens (tertiary/aromatic N) is 1. The highest BCUT2D eigenvalue weighted by atomic mass is 35.5. The number of phenols is 1. The molecule has 1 aromatic rings. The van der Waals surface area contributed by atoms with Crippen LogP contribution >= 0.6 is 23.2 Å². The number of carbonyl (C=O) groups is 1. The Morgan fingerprint density at radius 2 is 1.95 bits per heavy atom. The normalized spacial score (nSPS) is 14.1. The van der Waals surface area contributed by atoms with E-state index >= 15 is 0 Å². The number of halogens is 2. The van der Waals surface area contributed by atoms with E-state index in [1.807, 2.05) is 26.8 Å². The second kappa shape index (κ2) is 6.55. The number of carbonyl (C=O) groups excluding carboxylic acids is 1. The summed E-state index contributed by atoms with van der Waals surface area (Å²) in [5.74, 6) is -1.37. The molecule has 0 aromatic heterocycles. The molecule has 1 rings (SSSR count). The first-order valence-electron chi connectivity index (χ1n) is 6.46. The SMILES string of the molecule is CC(NC(=O)C(C#N)C(C)(C)C)c1ccc(Cl)c(O)c1Cl. The monoisotopic (exact) mass is 328 g/mol. The fraction of sp³-hybridized carbons (Fsp3) is 0.467. The van der Waals surface area contributed by atoms with Gasteiger partial charge in [0.15, 0.2) is 5.75 Å². The summed E-state index contributed by atoms with van der Waals surface area (Å²) in [6, 6.07) is 4.70. The van der Waals surface area contributed by atoms with Crippen molar-refractivity contribution in [1.82, 2.24) is 5.32 Å². The Bertz CT molecular complexity index is 589. The fourth-order valence-corrected chi connectivity index (χ4v) is 2.45. The Kier molecular flexibility index (Phi) is 5.49. The molecule has 1 aromatic carbocycles. The van der Waals surface area contributed by atoms with E-state index in [0.717, 1.165) is 0 Å². The van der Waals surface area contributed by atoms with E-state index in [9.17, 15) is 9.90 Å². The van der Waals surface area contributed by atoms with Crippen LogP contribution in [0.15, 0.2) is 12.1 Å². The second-order valence-electron chi connectivity index (χ2n) is 5.96. The summed E-state index contributed by atoms with van der Waals surface area (Å²) >= 11 is 11.8. The van der Waals surface area contributed by atoms with Crippen LogP contribution in [0.5, 0.6) is 5.75 Å². The number of rotatable bonds is 3. The molecule has 0 fully saturated rings. The van der Waals surface area contributed by atoms with E-state index in [4.69, 9.17) is 28.5 Å². The lowest BCUT2D eigenvalue weighted by Gasteiger charge is -2.26. The van der Waals surface area contributed by atoms with E-state index in [1.165, 1.54) is 6.07 Å². The molecule has 0 aliphatic carbocycles. The number of hydrogen-bond acceptors (Lipinski definition) is 3. The van der Waals surface area contributed by atoms with Gasteiger partial charge in [0.25, 0.3) is 0 Å². The maximum Gasteiger partial charge on any atom is 0.238 e. The van der Waals surface area contributed by atoms with Gasteiger partial charge >= 0.3 is 0 Å². The highest BCUT2D eigenvalue weighted by molar-refractivity contribution is 6.37. The molecule has 4 nitrogen and oxygen atoms in total. The molecule has 0 spiro atoms. The molecule has 0 aliphatic heterocycles. The van der Waals surface area contributed by atoms with Gasteiger partial charge in [0.2, 0.25) is 5.91 Å². The first kappa shape index (κ1) is 17.6. The minimum absolute atomic E-state index is 0.0968. The fourth-order valence-electron chi connectivity index (χ4n) is 1.91. The van der Waals surface area contributed by atoms with Gasteiger partial charge in [-0.3, -0.25) is 4.79 Å². The predicted molar refractivity (Wildman–Crippen MR) is 83.2 cm³/mol. The number of nitrogens with one attached hydrogen (secondary N) is 1. The first-order valence-corrected chi connectivity index (χ1v) is 7.22. The van der Waals surface area contributed by atoms with Gasteiger partial charge in [-0.25, -0.2) is 0 Å². The number of phenolic OH excluding ortho intramolecular Hbond substituents is 1. The van der Waals surface area contributed by atoms with Crippen molar-refractivity contribution in [3.63, 3.8) is 0 Å². The number of benzene rings is 1. The summed E-state index contributed by atoms with van der Waals surface area (Å²) in [5.41, 5.74) is 0.0716. The Morgan fingerprint density at radius 1 is 1.38 bits per heavy atom. The van der Waals surface area contributed by atoms with Crippen LogP contribution in [0.1, 0.15) is 39.3 Å². The van der Waals surface area contributed by atoms with Crippen LogP contribution in [0.4, 0.5) is 0 Å². The molecule has 21 heavy (non-hydrogen) atoms. The second-order valence-corrected chi connectivity index (χ2v) is 6.74. The zero-order valence-corrected chi connectivity index (χ0v) is 13.9. The van der Waals surface area contributed by atoms with E-state index < -0.39 is 17.4 Å². The van der Waals surface area contributed by atoms with Gasteiger partial charge in [0.1, 0.15) is 5.92 Å². The lowest BCUT2D eigenvalue weighted by Crippen LogP contribution is -2.38. The van der Waals surface area contributed by atoms with Crippen LogP contribution < -0.4 is 5.32 Å². The molecule has 0 bridgehead atoms. The van der Waals surface area contributed by atoms with Crippen LogP contribution in [0.25, 0.3) is 0 Å². The molecule has 2 N–H and O–H groups in total. The van der Waals surface area contributed by atoms with E-state index in [0.29, 0.717) is 5.56 Å². The van der Waals surface area contributed by atoms with Gasteiger partial charge < -0.3 is 10.4 Å². The Morgan fingerprint density at radius 3 is 2.43 bits per heavy atom. The average Bonchev–Trinajstić information content (AvgIpc) is 2.34. The molecule has 2 atom stereocenters. The van der Waals surface area contributed by atoms with Gasteiger partial charge in [-0.2, -0.15) is 5.26 Å². The van der Waals surface area contributed by atoms with Gasteiger partial charge in [0.05, 0.1) is 22.2 Å². The van der Waals surface area contributed by atoms with E-state index in [2.05, 4.69) is 5.32 Å². The third-order valence-corrected chi connectivity index (χ3v) is 3.88. The molecule has 0 radical (unpaired) electrons. The Balaban J connectivity index is 2.97. The van der Waals surface area contributed by atoms with Crippen LogP contribution in [0, 0.1) is 22.7 Å². The molecule has 0 saturated carbocycles. The average molecular weight is 329 g/mol. The van der Waals surface area contributed by atoms with Gasteiger partial charge in [0, 0.05) is 0 Å². The summed E-state index contributed by atoms with van der Waals surface area (Å²) in [4.78, 5) is 12.2. The topological polar surface area (TPSA) is 73.1 Å². The van der Waals surface area contributed by atoms with Crippen molar-refractivity contribution in [3.8, 4) is 11.8 Å². The molecule has 0 heterocycles. The van der Waals surface area contributed by atoms with Gasteiger partial charge in [-0.05, 0) is 24.0 Å². The summed E-state index contributed by atoms with van der Waals surface area (Å²) in [6.45, 7) is 7.20. The summed E-state index contributed by atoms with van der Waals surface area (Å²) in [6.07, 6.45) is 0. The quantitative estimate of drug-likeness (QED) is 0.878. The lowest BCUT2D eigenvalue weighted by atomic mass is 9.81. The maximum absolute atomic E-state index is 12.2. The lowest BCUT2D eigenvalue weighted by molar-refractivity contribution is -0.126. The summed E-state index contributed by atoms with van der Waals surface area (Å²) < 4.78 is 0. The van der Waals surface area contributed by atoms with Crippen molar-refractivity contribution in [2.45, 2.75) is 33.7 Å². The molecule has 0 saturated heterocycles. The molecule has 2 unspecified atom stereocenters. The van der Waals surface area contributed by atoms with Crippen molar-refractivity contribution >= 4 is 29.1 Å². The first-order chi connectivity index (χ1) is 9.59. The van der Waals surface area contributed by atoms with Crippen molar-refractivity contribution in [2.24, 2.45) is 11.3 Å². The molecule has 114 valence electrons. The molecular weight excluding hydrogens is 311 g/mol. The third-order valence-electron chi connectivity index (χ3n) is 3.18. The number of aromatic hydroxyl groups is 1. The smallest absolute Gasteiger partial charge is 0.238 e. The maximum atomic E-state index is 12.2. The number of hydrogen-bond donors (Lipinski definition) is 2. The van der Waals surface area contributed by atoms with E-state index in [-0.39, 0.29) is 21.7 Å². The van der Waals surface area contributed by atoms with Crippen LogP contribution in [-0.4, -0.2) is 11.0 Å². The molecular formula is C15H18Cl2N2O2. The highest BCUT2D eigenvalue weighted by Gasteiger charge is 2.32. The van der Waals surface area contributed by atoms with Crippen molar-refractivity contribution in [1.29, 1.82) is 5.26 Å². The van der Waals surface area contributed by atoms with E-state index in [1.54, 1.807) is 13.0 Å². The number of amides is 1. The highest BCUT2D eigenvalue weighted by Crippen LogP contribution is 2.37. The van der Waals surface area contributed by atoms with Crippen molar-refractivity contribution < 1.29 is 9.90 Å². The Labute approximate surface area is 134 Å². The minimum Gasteiger partial charge on any atom is -0.505 e. The van der Waals surface area contributed by atoms with Crippen molar-refractivity contribution in [3.05, 3.63) is 27.7 Å². The zero-order chi connectivity index (χ0) is 16.4. The van der Waals surface area contributed by atoms with Crippen LogP contribution in [0.2, 0.25) is 10.0 Å². The van der Waals surface area contributed by atoms with Gasteiger partial charge in [-0.15, -0.1) is 0 Å². The van der Waals surface area contributed by atoms with Crippen LogP contribution in [0.3, 0.4) is 0 Å². The summed E-state index contributed by atoms with van der Waals surface area (Å²) in [5, 5.41) is 21.9. The predicted octanol–water partition coefficient (Wildman–Crippen LogP) is 4.06. The minimum atomic E-state index is -0.778. The standard InChI is InChI=1S/C15H18Cl2N2O2/c1-8(9-5-6-11(16)13(20)12(9)17)19-14(21)10(7-18)15(2,3)4/h5-6,8,10,20H,1-4H3,(H,19,21). The third kappa shape index (κ3) is 4.03. The zero-order valence-electron chi connectivity index (χ0n) is 12.4. The molecule has 0 aliphatic rings. The summed E-state index contributed by atoms with van der Waals surface area (Å²) in [7, 11) is 0. The van der Waals surface area contributed by atoms with Gasteiger partial charge in [-0.1, -0.05) is 50.0 Å². The number of nitriles is 1.